The van der Waals surface area contributed by atoms with Crippen molar-refractivity contribution in [2.45, 2.75) is 24.3 Å². The van der Waals surface area contributed by atoms with Gasteiger partial charge in [0.15, 0.2) is 0 Å². The Morgan fingerprint density at radius 2 is 1.85 bits per heavy atom. The number of aromatic amines is 1. The number of nitrogens with one attached hydrogen (secondary N) is 2. The molecular weight excluding hydrogens is 466 g/mol. The third kappa shape index (κ3) is 5.02. The van der Waals surface area contributed by atoms with Crippen molar-refractivity contribution >= 4 is 44.5 Å². The van der Waals surface area contributed by atoms with E-state index in [4.69, 9.17) is 11.6 Å². The second-order valence-corrected chi connectivity index (χ2v) is 10.2. The average molecular weight is 490 g/mol. The third-order valence-corrected chi connectivity index (χ3v) is 7.84. The lowest BCUT2D eigenvalue weighted by Crippen LogP contribution is -2.51. The molecule has 0 saturated carbocycles. The summed E-state index contributed by atoms with van der Waals surface area (Å²) in [6.07, 6.45) is 3.12. The zero-order valence-electron chi connectivity index (χ0n) is 18.0. The van der Waals surface area contributed by atoms with Gasteiger partial charge >= 0.3 is 0 Å². The largest absolute Gasteiger partial charge is 0.349 e. The van der Waals surface area contributed by atoms with Gasteiger partial charge < -0.3 is 15.2 Å². The average Bonchev–Trinajstić information content (AvgIpc) is 3.24. The molecule has 0 spiro atoms. The summed E-state index contributed by atoms with van der Waals surface area (Å²) in [6, 6.07) is 9.88. The maximum absolute atomic E-state index is 13.2. The predicted octanol–water partition coefficient (Wildman–Crippen LogP) is 2.32. The van der Waals surface area contributed by atoms with Gasteiger partial charge in [-0.05, 0) is 29.8 Å². The maximum atomic E-state index is 13.2. The topological polar surface area (TPSA) is 115 Å². The van der Waals surface area contributed by atoms with Crippen molar-refractivity contribution in [3.63, 3.8) is 0 Å². The van der Waals surface area contributed by atoms with Crippen molar-refractivity contribution in [3.8, 4) is 0 Å². The number of sulfonamides is 1. The number of H-pyrrole nitrogens is 1. The Kier molecular flexibility index (Phi) is 6.68. The van der Waals surface area contributed by atoms with E-state index >= 15 is 0 Å². The second-order valence-electron chi connectivity index (χ2n) is 7.85. The van der Waals surface area contributed by atoms with Crippen LogP contribution in [0.1, 0.15) is 24.9 Å². The minimum Gasteiger partial charge on any atom is -0.349 e. The quantitative estimate of drug-likeness (QED) is 0.551. The fraction of sp³-hybridized carbons (Fsp3) is 0.318. The number of aromatic nitrogens is 2. The summed E-state index contributed by atoms with van der Waals surface area (Å²) in [5.41, 5.74) is 1.29. The highest BCUT2D eigenvalue weighted by atomic mass is 35.5. The molecule has 2 aromatic heterocycles. The van der Waals surface area contributed by atoms with Gasteiger partial charge in [0.2, 0.25) is 21.8 Å². The first kappa shape index (κ1) is 23.2. The minimum absolute atomic E-state index is 0.0715. The summed E-state index contributed by atoms with van der Waals surface area (Å²) in [5.74, 6) is -0.399. The van der Waals surface area contributed by atoms with Crippen LogP contribution < -0.4 is 5.32 Å². The minimum atomic E-state index is -3.73. The molecule has 174 valence electrons. The van der Waals surface area contributed by atoms with Crippen molar-refractivity contribution < 1.29 is 18.0 Å². The molecule has 1 aromatic carbocycles. The molecule has 1 fully saturated rings. The molecular formula is C22H24ClN5O4S. The summed E-state index contributed by atoms with van der Waals surface area (Å²) in [7, 11) is -3.73. The van der Waals surface area contributed by atoms with Gasteiger partial charge in [-0.3, -0.25) is 9.59 Å². The van der Waals surface area contributed by atoms with E-state index in [1.807, 2.05) is 0 Å². The summed E-state index contributed by atoms with van der Waals surface area (Å²) < 4.78 is 27.7. The van der Waals surface area contributed by atoms with Crippen molar-refractivity contribution in [1.29, 1.82) is 0 Å². The molecule has 2 amide bonds. The SMILES string of the molecule is CC(=O)NC(CC(=O)N1CCN(S(=O)(=O)c2c[nH]c3ncccc23)CC1)c1ccc(Cl)cc1. The smallest absolute Gasteiger partial charge is 0.245 e. The van der Waals surface area contributed by atoms with Crippen LogP contribution in [0, 0.1) is 0 Å². The first-order chi connectivity index (χ1) is 15.8. The van der Waals surface area contributed by atoms with E-state index in [9.17, 15) is 18.0 Å². The number of halogens is 1. The Balaban J connectivity index is 1.42. The Bertz CT molecular complexity index is 1270. The van der Waals surface area contributed by atoms with E-state index < -0.39 is 16.1 Å². The van der Waals surface area contributed by atoms with Gasteiger partial charge in [-0.1, -0.05) is 23.7 Å². The fourth-order valence-corrected chi connectivity index (χ4v) is 5.66. The number of pyridine rings is 1. The maximum Gasteiger partial charge on any atom is 0.245 e. The number of piperazine rings is 1. The van der Waals surface area contributed by atoms with Gasteiger partial charge in [0, 0.05) is 55.9 Å². The van der Waals surface area contributed by atoms with Crippen LogP contribution in [0.25, 0.3) is 11.0 Å². The standard InChI is InChI=1S/C22H24ClN5O4S/c1-15(29)26-19(16-4-6-17(23)7-5-16)13-21(30)27-9-11-28(12-10-27)33(31,32)20-14-25-22-18(20)3-2-8-24-22/h2-8,14,19H,9-13H2,1H3,(H,24,25)(H,26,29). The van der Waals surface area contributed by atoms with Crippen LogP contribution in [-0.2, 0) is 19.6 Å². The van der Waals surface area contributed by atoms with Crippen LogP contribution in [0.2, 0.25) is 5.02 Å². The van der Waals surface area contributed by atoms with Crippen LogP contribution in [0.5, 0.6) is 0 Å². The van der Waals surface area contributed by atoms with E-state index in [0.717, 1.165) is 5.56 Å². The van der Waals surface area contributed by atoms with Gasteiger partial charge in [-0.2, -0.15) is 4.31 Å². The van der Waals surface area contributed by atoms with Crippen LogP contribution in [0.15, 0.2) is 53.7 Å². The molecule has 0 bridgehead atoms. The van der Waals surface area contributed by atoms with E-state index in [0.29, 0.717) is 16.1 Å². The highest BCUT2D eigenvalue weighted by molar-refractivity contribution is 7.89. The lowest BCUT2D eigenvalue weighted by atomic mass is 10.0. The number of hydrogen-bond acceptors (Lipinski definition) is 5. The van der Waals surface area contributed by atoms with Crippen molar-refractivity contribution in [2.24, 2.45) is 0 Å². The molecule has 1 aliphatic rings. The Labute approximate surface area is 196 Å². The van der Waals surface area contributed by atoms with Crippen molar-refractivity contribution in [1.82, 2.24) is 24.5 Å². The Morgan fingerprint density at radius 1 is 1.15 bits per heavy atom. The number of benzene rings is 1. The van der Waals surface area contributed by atoms with Gasteiger partial charge in [-0.15, -0.1) is 0 Å². The Morgan fingerprint density at radius 3 is 2.52 bits per heavy atom. The summed E-state index contributed by atoms with van der Waals surface area (Å²) in [4.78, 5) is 33.5. The number of hydrogen-bond donors (Lipinski definition) is 2. The first-order valence-corrected chi connectivity index (χ1v) is 12.3. The lowest BCUT2D eigenvalue weighted by Gasteiger charge is -2.34. The zero-order valence-corrected chi connectivity index (χ0v) is 19.6. The number of carbonyl (C=O) groups is 2. The number of nitrogens with zero attached hydrogens (tertiary/aromatic N) is 3. The van der Waals surface area contributed by atoms with Crippen LogP contribution in [-0.4, -0.2) is 65.6 Å². The highest BCUT2D eigenvalue weighted by Gasteiger charge is 2.32. The molecule has 11 heteroatoms. The van der Waals surface area contributed by atoms with Crippen LogP contribution in [0.4, 0.5) is 0 Å². The molecule has 3 heterocycles. The van der Waals surface area contributed by atoms with Crippen molar-refractivity contribution in [2.75, 3.05) is 26.2 Å². The molecule has 1 atom stereocenters. The summed E-state index contributed by atoms with van der Waals surface area (Å²) in [5, 5.41) is 3.91. The molecule has 0 aliphatic carbocycles. The molecule has 9 nitrogen and oxygen atoms in total. The first-order valence-electron chi connectivity index (χ1n) is 10.5. The van der Waals surface area contributed by atoms with E-state index in [1.165, 1.54) is 17.4 Å². The monoisotopic (exact) mass is 489 g/mol. The molecule has 3 aromatic rings. The fourth-order valence-electron chi connectivity index (χ4n) is 3.96. The molecule has 1 unspecified atom stereocenters. The van der Waals surface area contributed by atoms with Crippen LogP contribution in [0.3, 0.4) is 0 Å². The Hall–Kier alpha value is -2.95. The second kappa shape index (κ2) is 9.50. The van der Waals surface area contributed by atoms with E-state index in [1.54, 1.807) is 47.5 Å². The molecule has 4 rings (SSSR count). The number of amides is 2. The van der Waals surface area contributed by atoms with E-state index in [-0.39, 0.29) is 49.3 Å². The molecule has 2 N–H and O–H groups in total. The molecule has 1 aliphatic heterocycles. The normalized spacial score (nSPS) is 16.0. The van der Waals surface area contributed by atoms with Crippen LogP contribution >= 0.6 is 11.6 Å². The zero-order chi connectivity index (χ0) is 23.6. The van der Waals surface area contributed by atoms with Gasteiger partial charge in [0.05, 0.1) is 12.5 Å². The lowest BCUT2D eigenvalue weighted by molar-refractivity contribution is -0.133. The predicted molar refractivity (Wildman–Crippen MR) is 124 cm³/mol. The van der Waals surface area contributed by atoms with Crippen molar-refractivity contribution in [3.05, 3.63) is 59.4 Å². The molecule has 0 radical (unpaired) electrons. The summed E-state index contributed by atoms with van der Waals surface area (Å²) in [6.45, 7) is 2.31. The highest BCUT2D eigenvalue weighted by Crippen LogP contribution is 2.26. The van der Waals surface area contributed by atoms with E-state index in [2.05, 4.69) is 15.3 Å². The number of rotatable bonds is 6. The number of fused-ring (bicyclic) bond motifs is 1. The van der Waals surface area contributed by atoms with Gasteiger partial charge in [0.1, 0.15) is 10.5 Å². The molecule has 33 heavy (non-hydrogen) atoms. The number of carbonyl (C=O) groups excluding carboxylic acids is 2. The summed E-state index contributed by atoms with van der Waals surface area (Å²) >= 11 is 5.95. The third-order valence-electron chi connectivity index (χ3n) is 5.65. The van der Waals surface area contributed by atoms with Gasteiger partial charge in [-0.25, -0.2) is 13.4 Å². The molecule has 1 saturated heterocycles. The van der Waals surface area contributed by atoms with Gasteiger partial charge in [0.25, 0.3) is 0 Å².